The van der Waals surface area contributed by atoms with Gasteiger partial charge in [0.1, 0.15) is 5.82 Å². The molecule has 8 nitrogen and oxygen atoms in total. The second-order valence-electron chi connectivity index (χ2n) is 4.40. The van der Waals surface area contributed by atoms with E-state index >= 15 is 0 Å². The van der Waals surface area contributed by atoms with E-state index in [1.807, 2.05) is 19.2 Å². The number of aromatic nitrogens is 4. The van der Waals surface area contributed by atoms with Gasteiger partial charge in [-0.1, -0.05) is 0 Å². The monoisotopic (exact) mass is 310 g/mol. The van der Waals surface area contributed by atoms with E-state index in [0.29, 0.717) is 24.7 Å². The van der Waals surface area contributed by atoms with Gasteiger partial charge in [0, 0.05) is 19.3 Å². The van der Waals surface area contributed by atoms with E-state index in [-0.39, 0.29) is 5.75 Å². The second kappa shape index (κ2) is 6.64. The third-order valence-electron chi connectivity index (χ3n) is 2.74. The highest BCUT2D eigenvalue weighted by molar-refractivity contribution is 7.89. The molecule has 2 aromatic rings. The zero-order chi connectivity index (χ0) is 15.3. The Morgan fingerprint density at radius 3 is 2.57 bits per heavy atom. The number of rotatable bonds is 7. The lowest BCUT2D eigenvalue weighted by molar-refractivity contribution is 0.584. The summed E-state index contributed by atoms with van der Waals surface area (Å²) in [6.07, 6.45) is 1.81. The third-order valence-corrected chi connectivity index (χ3v) is 4.14. The van der Waals surface area contributed by atoms with Gasteiger partial charge in [-0.25, -0.2) is 17.8 Å². The molecule has 21 heavy (non-hydrogen) atoms. The standard InChI is InChI=1S/C12H18N6O2S/c1-3-21(19,20)14-8-7-13-11-4-5-12(16-15-11)18-9-6-10(2)17-18/h4-6,9,14H,3,7-8H2,1-2H3,(H,13,15). The van der Waals surface area contributed by atoms with E-state index in [1.165, 1.54) is 0 Å². The maximum atomic E-state index is 11.2. The first-order chi connectivity index (χ1) is 10.00. The molecule has 0 atom stereocenters. The first-order valence-corrected chi connectivity index (χ1v) is 8.23. The molecule has 0 aliphatic heterocycles. The molecule has 0 saturated carbocycles. The predicted molar refractivity (Wildman–Crippen MR) is 79.8 cm³/mol. The van der Waals surface area contributed by atoms with Crippen LogP contribution in [0.1, 0.15) is 12.6 Å². The third kappa shape index (κ3) is 4.50. The van der Waals surface area contributed by atoms with E-state index in [9.17, 15) is 8.42 Å². The summed E-state index contributed by atoms with van der Waals surface area (Å²) in [5, 5.41) is 15.3. The van der Waals surface area contributed by atoms with E-state index in [2.05, 4.69) is 25.3 Å². The Kier molecular flexibility index (Phi) is 4.86. The summed E-state index contributed by atoms with van der Waals surface area (Å²) >= 11 is 0. The molecule has 2 aromatic heterocycles. The Balaban J connectivity index is 1.86. The van der Waals surface area contributed by atoms with E-state index in [0.717, 1.165) is 5.69 Å². The smallest absolute Gasteiger partial charge is 0.211 e. The van der Waals surface area contributed by atoms with Crippen LogP contribution in [0.5, 0.6) is 0 Å². The van der Waals surface area contributed by atoms with Crippen LogP contribution < -0.4 is 10.0 Å². The lowest BCUT2D eigenvalue weighted by Gasteiger charge is -2.07. The minimum Gasteiger partial charge on any atom is -0.367 e. The Labute approximate surface area is 123 Å². The first kappa shape index (κ1) is 15.4. The number of aryl methyl sites for hydroxylation is 1. The van der Waals surface area contributed by atoms with Crippen LogP contribution in [-0.4, -0.2) is 47.2 Å². The van der Waals surface area contributed by atoms with Gasteiger partial charge in [0.25, 0.3) is 0 Å². The maximum Gasteiger partial charge on any atom is 0.211 e. The Morgan fingerprint density at radius 1 is 1.19 bits per heavy atom. The van der Waals surface area contributed by atoms with Crippen molar-refractivity contribution in [3.63, 3.8) is 0 Å². The van der Waals surface area contributed by atoms with Crippen LogP contribution in [0, 0.1) is 6.92 Å². The Bertz CT molecular complexity index is 680. The van der Waals surface area contributed by atoms with Gasteiger partial charge in [-0.2, -0.15) is 5.10 Å². The lowest BCUT2D eigenvalue weighted by Crippen LogP contribution is -2.30. The van der Waals surface area contributed by atoms with Crippen LogP contribution in [0.15, 0.2) is 24.4 Å². The number of nitrogens with zero attached hydrogens (tertiary/aromatic N) is 4. The van der Waals surface area contributed by atoms with Gasteiger partial charge in [-0.15, -0.1) is 10.2 Å². The Hall–Kier alpha value is -2.00. The van der Waals surface area contributed by atoms with Crippen LogP contribution in [0.4, 0.5) is 5.82 Å². The molecule has 0 unspecified atom stereocenters. The second-order valence-corrected chi connectivity index (χ2v) is 6.50. The molecule has 2 heterocycles. The normalized spacial score (nSPS) is 11.5. The van der Waals surface area contributed by atoms with Gasteiger partial charge >= 0.3 is 0 Å². The molecule has 2 rings (SSSR count). The van der Waals surface area contributed by atoms with Gasteiger partial charge in [0.15, 0.2) is 5.82 Å². The number of anilines is 1. The molecular weight excluding hydrogens is 292 g/mol. The van der Waals surface area contributed by atoms with Gasteiger partial charge in [-0.05, 0) is 32.0 Å². The molecule has 0 radical (unpaired) electrons. The van der Waals surface area contributed by atoms with Gasteiger partial charge in [0.2, 0.25) is 10.0 Å². The average Bonchev–Trinajstić information content (AvgIpc) is 2.91. The van der Waals surface area contributed by atoms with Crippen molar-refractivity contribution in [2.45, 2.75) is 13.8 Å². The topological polar surface area (TPSA) is 102 Å². The van der Waals surface area contributed by atoms with Crippen molar-refractivity contribution < 1.29 is 8.42 Å². The number of hydrogen-bond acceptors (Lipinski definition) is 6. The first-order valence-electron chi connectivity index (χ1n) is 6.58. The summed E-state index contributed by atoms with van der Waals surface area (Å²) in [5.41, 5.74) is 0.905. The van der Waals surface area contributed by atoms with E-state index in [1.54, 1.807) is 23.7 Å². The van der Waals surface area contributed by atoms with Crippen molar-refractivity contribution in [2.75, 3.05) is 24.2 Å². The molecule has 114 valence electrons. The van der Waals surface area contributed by atoms with Gasteiger partial charge in [0.05, 0.1) is 11.4 Å². The highest BCUT2D eigenvalue weighted by Gasteiger charge is 2.05. The van der Waals surface area contributed by atoms with Crippen molar-refractivity contribution in [2.24, 2.45) is 0 Å². The van der Waals surface area contributed by atoms with Crippen molar-refractivity contribution in [1.82, 2.24) is 24.7 Å². The van der Waals surface area contributed by atoms with Crippen molar-refractivity contribution >= 4 is 15.8 Å². The fourth-order valence-electron chi connectivity index (χ4n) is 1.58. The molecule has 0 bridgehead atoms. The summed E-state index contributed by atoms with van der Waals surface area (Å²) in [6.45, 7) is 4.24. The summed E-state index contributed by atoms with van der Waals surface area (Å²) in [5.74, 6) is 1.28. The van der Waals surface area contributed by atoms with Crippen molar-refractivity contribution in [3.05, 3.63) is 30.1 Å². The molecule has 0 saturated heterocycles. The van der Waals surface area contributed by atoms with Crippen LogP contribution in [0.25, 0.3) is 5.82 Å². The Morgan fingerprint density at radius 2 is 2.00 bits per heavy atom. The summed E-state index contributed by atoms with van der Waals surface area (Å²) in [7, 11) is -3.15. The SMILES string of the molecule is CCS(=O)(=O)NCCNc1ccc(-n2ccc(C)n2)nn1. The highest BCUT2D eigenvalue weighted by atomic mass is 32.2. The minimum atomic E-state index is -3.15. The molecule has 0 aliphatic carbocycles. The molecule has 0 amide bonds. The molecule has 0 fully saturated rings. The van der Waals surface area contributed by atoms with Crippen LogP contribution in [0.2, 0.25) is 0 Å². The molecule has 2 N–H and O–H groups in total. The lowest BCUT2D eigenvalue weighted by atomic mass is 10.5. The van der Waals surface area contributed by atoms with Gasteiger partial charge < -0.3 is 5.32 Å². The maximum absolute atomic E-state index is 11.2. The van der Waals surface area contributed by atoms with Crippen LogP contribution in [0.3, 0.4) is 0 Å². The van der Waals surface area contributed by atoms with E-state index in [4.69, 9.17) is 0 Å². The highest BCUT2D eigenvalue weighted by Crippen LogP contribution is 2.06. The number of nitrogens with one attached hydrogen (secondary N) is 2. The van der Waals surface area contributed by atoms with Crippen molar-refractivity contribution in [3.8, 4) is 5.82 Å². The van der Waals surface area contributed by atoms with Crippen molar-refractivity contribution in [1.29, 1.82) is 0 Å². The summed E-state index contributed by atoms with van der Waals surface area (Å²) in [6, 6.07) is 5.44. The number of sulfonamides is 1. The summed E-state index contributed by atoms with van der Waals surface area (Å²) < 4.78 is 26.6. The summed E-state index contributed by atoms with van der Waals surface area (Å²) in [4.78, 5) is 0. The fourth-order valence-corrected chi connectivity index (χ4v) is 2.20. The molecule has 9 heteroatoms. The predicted octanol–water partition coefficient (Wildman–Crippen LogP) is 0.322. The molecule has 0 aliphatic rings. The zero-order valence-electron chi connectivity index (χ0n) is 11.9. The molecular formula is C12H18N6O2S. The fraction of sp³-hybridized carbons (Fsp3) is 0.417. The van der Waals surface area contributed by atoms with Gasteiger partial charge in [-0.3, -0.25) is 0 Å². The van der Waals surface area contributed by atoms with E-state index < -0.39 is 10.0 Å². The van der Waals surface area contributed by atoms with Crippen LogP contribution >= 0.6 is 0 Å². The quantitative estimate of drug-likeness (QED) is 0.714. The largest absolute Gasteiger partial charge is 0.367 e. The zero-order valence-corrected chi connectivity index (χ0v) is 12.8. The molecule has 0 spiro atoms. The average molecular weight is 310 g/mol. The molecule has 0 aromatic carbocycles. The minimum absolute atomic E-state index is 0.0742. The van der Waals surface area contributed by atoms with Crippen LogP contribution in [-0.2, 0) is 10.0 Å². The number of hydrogen-bond donors (Lipinski definition) is 2.